The Morgan fingerprint density at radius 2 is 1.50 bits per heavy atom. The lowest BCUT2D eigenvalue weighted by molar-refractivity contribution is -0.120. The molecule has 2 rings (SSSR count). The quantitative estimate of drug-likeness (QED) is 0.472. The molecule has 0 heterocycles. The molecule has 28 heavy (non-hydrogen) atoms. The summed E-state index contributed by atoms with van der Waals surface area (Å²) in [6, 6.07) is 15.4. The third kappa shape index (κ3) is 8.15. The minimum absolute atomic E-state index is 0.0482. The van der Waals surface area contributed by atoms with Crippen molar-refractivity contribution in [3.8, 4) is 0 Å². The van der Waals surface area contributed by atoms with Crippen LogP contribution in [0.4, 0.5) is 5.69 Å². The number of thioether (sulfide) groups is 1. The molecule has 0 saturated heterocycles. The highest BCUT2D eigenvalue weighted by molar-refractivity contribution is 7.99. The Labute approximate surface area is 171 Å². The summed E-state index contributed by atoms with van der Waals surface area (Å²) in [6.45, 7) is 5.31. The molecule has 150 valence electrons. The van der Waals surface area contributed by atoms with Gasteiger partial charge in [0.25, 0.3) is 0 Å². The van der Waals surface area contributed by atoms with E-state index in [1.165, 1.54) is 4.90 Å². The maximum atomic E-state index is 12.3. The van der Waals surface area contributed by atoms with Crippen molar-refractivity contribution in [1.82, 2.24) is 5.32 Å². The van der Waals surface area contributed by atoms with Crippen molar-refractivity contribution in [1.29, 1.82) is 0 Å². The Kier molecular flexibility index (Phi) is 9.04. The van der Waals surface area contributed by atoms with Gasteiger partial charge in [0, 0.05) is 29.5 Å². The third-order valence-corrected chi connectivity index (χ3v) is 4.91. The van der Waals surface area contributed by atoms with Crippen LogP contribution in [0.2, 0.25) is 0 Å². The average molecular weight is 401 g/mol. The fourth-order valence-corrected chi connectivity index (χ4v) is 3.43. The SMILES string of the molecule is COCCNC(=O)Cc1ccc(NC(=O)Cc2ccc(SC(C)C)cc2)cc1. The van der Waals surface area contributed by atoms with Crippen LogP contribution in [0.25, 0.3) is 0 Å². The third-order valence-electron chi connectivity index (χ3n) is 3.89. The monoisotopic (exact) mass is 400 g/mol. The van der Waals surface area contributed by atoms with E-state index in [4.69, 9.17) is 4.74 Å². The number of amides is 2. The van der Waals surface area contributed by atoms with Crippen LogP contribution in [0.1, 0.15) is 25.0 Å². The maximum Gasteiger partial charge on any atom is 0.228 e. The van der Waals surface area contributed by atoms with Crippen LogP contribution in [0, 0.1) is 0 Å². The van der Waals surface area contributed by atoms with Gasteiger partial charge in [0.1, 0.15) is 0 Å². The predicted octanol–water partition coefficient (Wildman–Crippen LogP) is 3.67. The molecule has 0 unspecified atom stereocenters. The number of methoxy groups -OCH3 is 1. The lowest BCUT2D eigenvalue weighted by Gasteiger charge is -2.08. The zero-order chi connectivity index (χ0) is 20.4. The molecule has 0 aliphatic carbocycles. The first-order valence-corrected chi connectivity index (χ1v) is 10.2. The Bertz CT molecular complexity index is 758. The fourth-order valence-electron chi connectivity index (χ4n) is 2.59. The zero-order valence-corrected chi connectivity index (χ0v) is 17.5. The van der Waals surface area contributed by atoms with Gasteiger partial charge < -0.3 is 15.4 Å². The van der Waals surface area contributed by atoms with Gasteiger partial charge in [-0.15, -0.1) is 11.8 Å². The largest absolute Gasteiger partial charge is 0.383 e. The first-order chi connectivity index (χ1) is 13.5. The van der Waals surface area contributed by atoms with Crippen LogP contribution in [0.5, 0.6) is 0 Å². The standard InChI is InChI=1S/C22H28N2O3S/c1-16(2)28-20-10-6-18(7-11-20)15-22(26)24-19-8-4-17(5-9-19)14-21(25)23-12-13-27-3/h4-11,16H,12-15H2,1-3H3,(H,23,25)(H,24,26). The molecule has 0 saturated carbocycles. The molecule has 0 bridgehead atoms. The number of rotatable bonds is 10. The number of anilines is 1. The number of nitrogens with one attached hydrogen (secondary N) is 2. The van der Waals surface area contributed by atoms with Crippen LogP contribution in [-0.2, 0) is 27.2 Å². The lowest BCUT2D eigenvalue weighted by Crippen LogP contribution is -2.28. The van der Waals surface area contributed by atoms with Crippen molar-refractivity contribution in [3.63, 3.8) is 0 Å². The van der Waals surface area contributed by atoms with Crippen LogP contribution in [0.3, 0.4) is 0 Å². The average Bonchev–Trinajstić information content (AvgIpc) is 2.65. The molecule has 0 radical (unpaired) electrons. The first kappa shape index (κ1) is 22.0. The highest BCUT2D eigenvalue weighted by Gasteiger charge is 2.07. The van der Waals surface area contributed by atoms with E-state index in [0.29, 0.717) is 31.2 Å². The number of carbonyl (C=O) groups is 2. The van der Waals surface area contributed by atoms with Gasteiger partial charge in [-0.1, -0.05) is 38.1 Å². The molecule has 5 nitrogen and oxygen atoms in total. The number of benzene rings is 2. The van der Waals surface area contributed by atoms with Gasteiger partial charge in [0.2, 0.25) is 11.8 Å². The van der Waals surface area contributed by atoms with Gasteiger partial charge >= 0.3 is 0 Å². The molecule has 0 fully saturated rings. The van der Waals surface area contributed by atoms with Gasteiger partial charge in [-0.3, -0.25) is 9.59 Å². The molecular formula is C22H28N2O3S. The van der Waals surface area contributed by atoms with Crippen LogP contribution >= 0.6 is 11.8 Å². The number of hydrogen-bond donors (Lipinski definition) is 2. The fraction of sp³-hybridized carbons (Fsp3) is 0.364. The summed E-state index contributed by atoms with van der Waals surface area (Å²) in [5.41, 5.74) is 2.60. The normalized spacial score (nSPS) is 10.7. The summed E-state index contributed by atoms with van der Waals surface area (Å²) in [4.78, 5) is 25.3. The smallest absolute Gasteiger partial charge is 0.228 e. The molecule has 2 aromatic rings. The Morgan fingerprint density at radius 1 is 0.929 bits per heavy atom. The van der Waals surface area contributed by atoms with Crippen molar-refractivity contribution in [2.24, 2.45) is 0 Å². The van der Waals surface area contributed by atoms with E-state index < -0.39 is 0 Å². The molecule has 2 N–H and O–H groups in total. The van der Waals surface area contributed by atoms with Crippen molar-refractivity contribution >= 4 is 29.3 Å². The summed E-state index contributed by atoms with van der Waals surface area (Å²) >= 11 is 1.80. The summed E-state index contributed by atoms with van der Waals surface area (Å²) in [5.74, 6) is -0.109. The maximum absolute atomic E-state index is 12.3. The molecule has 0 aliphatic rings. The lowest BCUT2D eigenvalue weighted by atomic mass is 10.1. The summed E-state index contributed by atoms with van der Waals surface area (Å²) < 4.78 is 4.90. The summed E-state index contributed by atoms with van der Waals surface area (Å²) in [6.07, 6.45) is 0.634. The molecule has 0 atom stereocenters. The molecule has 0 aromatic heterocycles. The van der Waals surface area contributed by atoms with E-state index in [2.05, 4.69) is 36.6 Å². The van der Waals surface area contributed by atoms with Gasteiger partial charge in [0.15, 0.2) is 0 Å². The second-order valence-corrected chi connectivity index (χ2v) is 8.40. The first-order valence-electron chi connectivity index (χ1n) is 9.36. The van der Waals surface area contributed by atoms with Crippen molar-refractivity contribution in [2.45, 2.75) is 36.8 Å². The Hall–Kier alpha value is -2.31. The zero-order valence-electron chi connectivity index (χ0n) is 16.7. The summed E-state index contributed by atoms with van der Waals surface area (Å²) in [5, 5.41) is 6.22. The second-order valence-electron chi connectivity index (χ2n) is 6.75. The van der Waals surface area contributed by atoms with E-state index in [9.17, 15) is 9.59 Å². The Morgan fingerprint density at radius 3 is 2.07 bits per heavy atom. The van der Waals surface area contributed by atoms with E-state index >= 15 is 0 Å². The van der Waals surface area contributed by atoms with E-state index in [1.54, 1.807) is 18.9 Å². The van der Waals surface area contributed by atoms with Crippen LogP contribution in [-0.4, -0.2) is 37.3 Å². The van der Waals surface area contributed by atoms with E-state index in [1.807, 2.05) is 36.4 Å². The number of hydrogen-bond acceptors (Lipinski definition) is 4. The number of ether oxygens (including phenoxy) is 1. The minimum Gasteiger partial charge on any atom is -0.383 e. The molecule has 2 amide bonds. The summed E-state index contributed by atoms with van der Waals surface area (Å²) in [7, 11) is 1.60. The van der Waals surface area contributed by atoms with Crippen molar-refractivity contribution in [3.05, 3.63) is 59.7 Å². The highest BCUT2D eigenvalue weighted by Crippen LogP contribution is 2.23. The van der Waals surface area contributed by atoms with Gasteiger partial charge in [-0.25, -0.2) is 0 Å². The van der Waals surface area contributed by atoms with Crippen molar-refractivity contribution < 1.29 is 14.3 Å². The topological polar surface area (TPSA) is 67.4 Å². The second kappa shape index (κ2) is 11.5. The van der Waals surface area contributed by atoms with Crippen LogP contribution in [0.15, 0.2) is 53.4 Å². The van der Waals surface area contributed by atoms with Crippen LogP contribution < -0.4 is 10.6 Å². The molecule has 0 aliphatic heterocycles. The predicted molar refractivity (Wildman–Crippen MR) is 115 cm³/mol. The molecular weight excluding hydrogens is 372 g/mol. The molecule has 6 heteroatoms. The molecule has 2 aromatic carbocycles. The minimum atomic E-state index is -0.0608. The highest BCUT2D eigenvalue weighted by atomic mass is 32.2. The van der Waals surface area contributed by atoms with Gasteiger partial charge in [-0.05, 0) is 35.4 Å². The van der Waals surface area contributed by atoms with Crippen molar-refractivity contribution in [2.75, 3.05) is 25.6 Å². The van der Waals surface area contributed by atoms with E-state index in [-0.39, 0.29) is 11.8 Å². The molecule has 0 spiro atoms. The number of carbonyl (C=O) groups excluding carboxylic acids is 2. The van der Waals surface area contributed by atoms with E-state index in [0.717, 1.165) is 16.8 Å². The Balaban J connectivity index is 1.81. The van der Waals surface area contributed by atoms with Gasteiger partial charge in [-0.2, -0.15) is 0 Å². The van der Waals surface area contributed by atoms with Gasteiger partial charge in [0.05, 0.1) is 19.4 Å².